The van der Waals surface area contributed by atoms with E-state index in [1.807, 2.05) is 37.3 Å². The molecule has 3 aromatic carbocycles. The summed E-state index contributed by atoms with van der Waals surface area (Å²) in [5.74, 6) is 1.14. The monoisotopic (exact) mass is 518 g/mol. The van der Waals surface area contributed by atoms with Crippen LogP contribution < -0.4 is 25.2 Å². The van der Waals surface area contributed by atoms with Crippen molar-refractivity contribution in [1.29, 1.82) is 0 Å². The molecule has 0 saturated carbocycles. The van der Waals surface area contributed by atoms with Crippen molar-refractivity contribution in [3.63, 3.8) is 0 Å². The van der Waals surface area contributed by atoms with Crippen LogP contribution in [0.5, 0.6) is 17.2 Å². The number of carbonyl (C=O) groups excluding carboxylic acids is 1. The molecule has 0 aliphatic heterocycles. The Morgan fingerprint density at radius 2 is 1.70 bits per heavy atom. The number of rotatable bonds is 9. The van der Waals surface area contributed by atoms with Crippen LogP contribution in [0.15, 0.2) is 75.7 Å². The van der Waals surface area contributed by atoms with E-state index in [-0.39, 0.29) is 17.2 Å². The number of nitrogens with one attached hydrogen (secondary N) is 1. The molecule has 0 spiro atoms. The predicted molar refractivity (Wildman–Crippen MR) is 145 cm³/mol. The highest BCUT2D eigenvalue weighted by molar-refractivity contribution is 7.99. The fourth-order valence-electron chi connectivity index (χ4n) is 3.73. The second-order valence-corrected chi connectivity index (χ2v) is 8.81. The molecule has 1 amide bonds. The number of carbonyl (C=O) groups is 1. The summed E-state index contributed by atoms with van der Waals surface area (Å²) < 4.78 is 17.6. The van der Waals surface area contributed by atoms with Crippen LogP contribution in [-0.4, -0.2) is 48.8 Å². The molecule has 0 bridgehead atoms. The van der Waals surface area contributed by atoms with Crippen molar-refractivity contribution in [2.45, 2.75) is 12.1 Å². The Kier molecular flexibility index (Phi) is 8.09. The summed E-state index contributed by atoms with van der Waals surface area (Å²) in [6.07, 6.45) is 1.44. The van der Waals surface area contributed by atoms with Gasteiger partial charge in [-0.15, -0.1) is 0 Å². The van der Waals surface area contributed by atoms with Crippen molar-refractivity contribution in [1.82, 2.24) is 15.0 Å². The highest BCUT2D eigenvalue weighted by Crippen LogP contribution is 2.32. The Morgan fingerprint density at radius 1 is 1.03 bits per heavy atom. The van der Waals surface area contributed by atoms with Gasteiger partial charge in [-0.1, -0.05) is 42.1 Å². The number of hydrazone groups is 1. The minimum atomic E-state index is -0.369. The summed E-state index contributed by atoms with van der Waals surface area (Å²) in [4.78, 5) is 30.7. The van der Waals surface area contributed by atoms with Crippen LogP contribution in [0.3, 0.4) is 0 Å². The van der Waals surface area contributed by atoms with Gasteiger partial charge in [-0.25, -0.2) is 10.4 Å². The molecule has 0 atom stereocenters. The van der Waals surface area contributed by atoms with Crippen molar-refractivity contribution in [3.05, 3.63) is 82.1 Å². The molecule has 4 aromatic rings. The lowest BCUT2D eigenvalue weighted by Gasteiger charge is -2.14. The zero-order valence-corrected chi connectivity index (χ0v) is 21.7. The molecule has 0 unspecified atom stereocenters. The van der Waals surface area contributed by atoms with Gasteiger partial charge in [0.15, 0.2) is 5.16 Å². The number of ether oxygens (including phenoxy) is 3. The molecular formula is C27H26N4O5S. The van der Waals surface area contributed by atoms with Crippen molar-refractivity contribution < 1.29 is 19.0 Å². The van der Waals surface area contributed by atoms with E-state index in [0.29, 0.717) is 44.6 Å². The summed E-state index contributed by atoms with van der Waals surface area (Å²) in [7, 11) is 4.58. The number of fused-ring (bicyclic) bond motifs is 1. The van der Waals surface area contributed by atoms with E-state index in [9.17, 15) is 9.59 Å². The number of nitrogens with zero attached hydrogens (tertiary/aromatic N) is 3. The van der Waals surface area contributed by atoms with Crippen LogP contribution in [0.25, 0.3) is 16.6 Å². The third-order valence-corrected chi connectivity index (χ3v) is 6.51. The smallest absolute Gasteiger partial charge is 0.266 e. The summed E-state index contributed by atoms with van der Waals surface area (Å²) in [6, 6.07) is 18.1. The minimum Gasteiger partial charge on any atom is -0.496 e. The Bertz CT molecular complexity index is 1510. The van der Waals surface area contributed by atoms with Gasteiger partial charge in [0.2, 0.25) is 0 Å². The number of aryl methyl sites for hydroxylation is 1. The molecule has 9 nitrogen and oxygen atoms in total. The standard InChI is InChI=1S/C27H26N4O5S/c1-17-9-5-8-12-22(17)31-26(33)19-10-6-7-11-21(19)29-27(31)37-16-25(32)30-28-15-20-23(35-3)13-18(34-2)14-24(20)36-4/h5-15H,16H2,1-4H3,(H,30,32)/b28-15-. The van der Waals surface area contributed by atoms with Gasteiger partial charge in [-0.2, -0.15) is 5.10 Å². The largest absolute Gasteiger partial charge is 0.496 e. The number of amides is 1. The first-order chi connectivity index (χ1) is 18.0. The van der Waals surface area contributed by atoms with Gasteiger partial charge in [0.25, 0.3) is 11.5 Å². The average Bonchev–Trinajstić information content (AvgIpc) is 2.92. The molecule has 0 aliphatic rings. The molecule has 10 heteroatoms. The van der Waals surface area contributed by atoms with Gasteiger partial charge in [0.05, 0.1) is 55.5 Å². The van der Waals surface area contributed by atoms with Gasteiger partial charge in [0.1, 0.15) is 17.2 Å². The summed E-state index contributed by atoms with van der Waals surface area (Å²) in [6.45, 7) is 1.93. The first-order valence-corrected chi connectivity index (χ1v) is 12.3. The van der Waals surface area contributed by atoms with Crippen molar-refractivity contribution >= 4 is 34.8 Å². The maximum absolute atomic E-state index is 13.4. The molecule has 0 fully saturated rings. The highest BCUT2D eigenvalue weighted by Gasteiger charge is 2.16. The third-order valence-electron chi connectivity index (χ3n) is 5.57. The van der Waals surface area contributed by atoms with Gasteiger partial charge >= 0.3 is 0 Å². The van der Waals surface area contributed by atoms with E-state index in [4.69, 9.17) is 14.2 Å². The molecule has 1 aromatic heterocycles. The van der Waals surface area contributed by atoms with Gasteiger partial charge < -0.3 is 14.2 Å². The zero-order chi connectivity index (χ0) is 26.4. The van der Waals surface area contributed by atoms with Gasteiger partial charge in [-0.3, -0.25) is 14.2 Å². The average molecular weight is 519 g/mol. The molecule has 0 saturated heterocycles. The minimum absolute atomic E-state index is 0.00904. The number of hydrogen-bond donors (Lipinski definition) is 1. The summed E-state index contributed by atoms with van der Waals surface area (Å²) in [5.41, 5.74) is 5.05. The van der Waals surface area contributed by atoms with Crippen molar-refractivity contribution in [3.8, 4) is 22.9 Å². The summed E-state index contributed by atoms with van der Waals surface area (Å²) >= 11 is 1.15. The third kappa shape index (κ3) is 5.59. The van der Waals surface area contributed by atoms with E-state index in [1.54, 1.807) is 42.0 Å². The summed E-state index contributed by atoms with van der Waals surface area (Å²) in [5, 5.41) is 4.98. The number of methoxy groups -OCH3 is 3. The van der Waals surface area contributed by atoms with E-state index in [0.717, 1.165) is 17.3 Å². The molecule has 0 radical (unpaired) electrons. The number of para-hydroxylation sites is 2. The molecule has 37 heavy (non-hydrogen) atoms. The van der Waals surface area contributed by atoms with E-state index in [1.165, 1.54) is 20.4 Å². The maximum Gasteiger partial charge on any atom is 0.266 e. The van der Waals surface area contributed by atoms with Crippen LogP contribution in [0, 0.1) is 6.92 Å². The lowest BCUT2D eigenvalue weighted by Crippen LogP contribution is -2.24. The number of hydrogen-bond acceptors (Lipinski definition) is 8. The van der Waals surface area contributed by atoms with Crippen LogP contribution in [0.1, 0.15) is 11.1 Å². The zero-order valence-electron chi connectivity index (χ0n) is 20.8. The van der Waals surface area contributed by atoms with E-state index >= 15 is 0 Å². The molecule has 4 rings (SSSR count). The van der Waals surface area contributed by atoms with Crippen LogP contribution in [-0.2, 0) is 4.79 Å². The quantitative estimate of drug-likeness (QED) is 0.155. The Hall–Kier alpha value is -4.31. The molecule has 190 valence electrons. The fraction of sp³-hybridized carbons (Fsp3) is 0.185. The lowest BCUT2D eigenvalue weighted by molar-refractivity contribution is -0.118. The molecule has 1 heterocycles. The lowest BCUT2D eigenvalue weighted by atomic mass is 10.2. The normalized spacial score (nSPS) is 11.0. The second-order valence-electron chi connectivity index (χ2n) is 7.87. The second kappa shape index (κ2) is 11.6. The molecular weight excluding hydrogens is 492 g/mol. The Morgan fingerprint density at radius 3 is 2.38 bits per heavy atom. The number of benzene rings is 3. The van der Waals surface area contributed by atoms with Crippen LogP contribution in [0.4, 0.5) is 0 Å². The fourth-order valence-corrected chi connectivity index (χ4v) is 4.52. The van der Waals surface area contributed by atoms with Crippen LogP contribution >= 0.6 is 11.8 Å². The maximum atomic E-state index is 13.4. The van der Waals surface area contributed by atoms with Gasteiger partial charge in [0, 0.05) is 12.1 Å². The predicted octanol–water partition coefficient (Wildman–Crippen LogP) is 3.96. The first kappa shape index (κ1) is 25.8. The topological polar surface area (TPSA) is 104 Å². The molecule has 0 aliphatic carbocycles. The van der Waals surface area contributed by atoms with E-state index < -0.39 is 0 Å². The van der Waals surface area contributed by atoms with Crippen molar-refractivity contribution in [2.75, 3.05) is 27.1 Å². The van der Waals surface area contributed by atoms with Crippen LogP contribution in [0.2, 0.25) is 0 Å². The van der Waals surface area contributed by atoms with Crippen molar-refractivity contribution in [2.24, 2.45) is 5.10 Å². The van der Waals surface area contributed by atoms with E-state index in [2.05, 4.69) is 15.5 Å². The SMILES string of the molecule is COc1cc(OC)c(/C=N\NC(=O)CSc2nc3ccccc3c(=O)n2-c2ccccc2C)c(OC)c1. The molecule has 1 N–H and O–H groups in total. The highest BCUT2D eigenvalue weighted by atomic mass is 32.2. The van der Waals surface area contributed by atoms with Gasteiger partial charge in [-0.05, 0) is 30.7 Å². The Labute approximate surface area is 218 Å². The Balaban J connectivity index is 1.57. The number of thioether (sulfide) groups is 1. The number of aromatic nitrogens is 2. The first-order valence-electron chi connectivity index (χ1n) is 11.3.